The number of carbonyl (C=O) groups is 1. The molecule has 6 rings (SSSR count). The second-order valence-electron chi connectivity index (χ2n) is 7.44. The van der Waals surface area contributed by atoms with E-state index in [1.54, 1.807) is 12.4 Å². The van der Waals surface area contributed by atoms with Crippen LogP contribution < -0.4 is 5.32 Å². The van der Waals surface area contributed by atoms with Gasteiger partial charge in [-0.05, 0) is 30.5 Å². The van der Waals surface area contributed by atoms with Gasteiger partial charge in [0.1, 0.15) is 16.8 Å². The number of nitrogens with one attached hydrogen (secondary N) is 3. The van der Waals surface area contributed by atoms with Crippen LogP contribution in [0.3, 0.4) is 0 Å². The third-order valence-electron chi connectivity index (χ3n) is 5.57. The molecule has 142 valence electrons. The number of aromatic nitrogens is 3. The summed E-state index contributed by atoms with van der Waals surface area (Å²) in [4.78, 5) is 22.3. The molecule has 2 aromatic heterocycles. The Morgan fingerprint density at radius 3 is 2.93 bits per heavy atom. The lowest BCUT2D eigenvalue weighted by Gasteiger charge is -2.30. The molecule has 3 aromatic rings. The van der Waals surface area contributed by atoms with Crippen LogP contribution in [0, 0.1) is 17.2 Å². The molecule has 0 spiro atoms. The molecule has 1 fully saturated rings. The quantitative estimate of drug-likeness (QED) is 0.627. The molecule has 8 heteroatoms. The summed E-state index contributed by atoms with van der Waals surface area (Å²) in [6.45, 7) is 0. The van der Waals surface area contributed by atoms with Gasteiger partial charge in [0.15, 0.2) is 0 Å². The number of allylic oxidation sites excluding steroid dienone is 3. The highest BCUT2D eigenvalue weighted by molar-refractivity contribution is 7.10. The molecule has 1 aliphatic heterocycles. The highest BCUT2D eigenvalue weighted by Crippen LogP contribution is 2.42. The number of hydrogen-bond donors (Lipinski definition) is 3. The number of amides is 1. The van der Waals surface area contributed by atoms with Crippen molar-refractivity contribution in [3.63, 3.8) is 0 Å². The highest BCUT2D eigenvalue weighted by Gasteiger charge is 2.42. The third kappa shape index (κ3) is 2.52. The second kappa shape index (κ2) is 6.05. The van der Waals surface area contributed by atoms with Gasteiger partial charge in [-0.15, -0.1) is 11.3 Å². The number of thiazole rings is 1. The van der Waals surface area contributed by atoms with Crippen LogP contribution in [0.2, 0.25) is 0 Å². The van der Waals surface area contributed by atoms with E-state index in [1.807, 2.05) is 29.7 Å². The van der Waals surface area contributed by atoms with Crippen molar-refractivity contribution < 1.29 is 4.79 Å². The van der Waals surface area contributed by atoms with Crippen molar-refractivity contribution in [2.45, 2.75) is 12.8 Å². The fourth-order valence-electron chi connectivity index (χ4n) is 3.98. The summed E-state index contributed by atoms with van der Waals surface area (Å²) < 4.78 is 0. The lowest BCUT2D eigenvalue weighted by molar-refractivity contribution is -0.121. The zero-order valence-electron chi connectivity index (χ0n) is 15.3. The van der Waals surface area contributed by atoms with Crippen molar-refractivity contribution in [1.82, 2.24) is 20.5 Å². The summed E-state index contributed by atoms with van der Waals surface area (Å²) >= 11 is 1.51. The molecule has 0 radical (unpaired) electrons. The summed E-state index contributed by atoms with van der Waals surface area (Å²) in [6, 6.07) is 5.83. The summed E-state index contributed by atoms with van der Waals surface area (Å²) in [5.41, 5.74) is 4.19. The van der Waals surface area contributed by atoms with Gasteiger partial charge in [0.05, 0.1) is 23.1 Å². The average molecular weight is 400 g/mol. The number of H-pyrrole nitrogens is 1. The van der Waals surface area contributed by atoms with Crippen molar-refractivity contribution in [2.24, 2.45) is 16.8 Å². The number of nitrogens with zero attached hydrogens (tertiary/aromatic N) is 3. The third-order valence-corrected chi connectivity index (χ3v) is 6.38. The SMILES string of the molecule is N=C1C(c2cccc3[nH]ncc23)=CC(c2nccs2)=C2N=C(C3CC3)NC(=O)C12. The molecule has 3 heterocycles. The van der Waals surface area contributed by atoms with Crippen molar-refractivity contribution in [1.29, 1.82) is 5.41 Å². The van der Waals surface area contributed by atoms with E-state index in [-0.39, 0.29) is 11.6 Å². The first-order valence-corrected chi connectivity index (χ1v) is 10.3. The molecule has 3 N–H and O–H groups in total. The van der Waals surface area contributed by atoms with Gasteiger partial charge in [-0.25, -0.2) is 9.98 Å². The molecule has 0 saturated heterocycles. The van der Waals surface area contributed by atoms with E-state index in [0.29, 0.717) is 17.2 Å². The van der Waals surface area contributed by atoms with Crippen LogP contribution in [0.1, 0.15) is 23.4 Å². The van der Waals surface area contributed by atoms with Gasteiger partial charge < -0.3 is 10.7 Å². The Kier molecular flexibility index (Phi) is 3.45. The molecule has 1 saturated carbocycles. The van der Waals surface area contributed by atoms with Gasteiger partial charge in [0.2, 0.25) is 5.91 Å². The molecule has 29 heavy (non-hydrogen) atoms. The summed E-state index contributed by atoms with van der Waals surface area (Å²) in [5.74, 6) is 0.139. The summed E-state index contributed by atoms with van der Waals surface area (Å²) in [7, 11) is 0. The molecular weight excluding hydrogens is 384 g/mol. The fraction of sp³-hybridized carbons (Fsp3) is 0.190. The van der Waals surface area contributed by atoms with Crippen LogP contribution in [0.4, 0.5) is 0 Å². The lowest BCUT2D eigenvalue weighted by Crippen LogP contribution is -2.45. The Balaban J connectivity index is 1.61. The number of hydrogen-bond acceptors (Lipinski definition) is 6. The minimum Gasteiger partial charge on any atom is -0.313 e. The van der Waals surface area contributed by atoms with Gasteiger partial charge in [0, 0.05) is 34.0 Å². The number of carbonyl (C=O) groups excluding carboxylic acids is 1. The zero-order chi connectivity index (χ0) is 19.5. The lowest BCUT2D eigenvalue weighted by atomic mass is 9.80. The van der Waals surface area contributed by atoms with Crippen molar-refractivity contribution in [3.05, 3.63) is 58.3 Å². The maximum atomic E-state index is 13.1. The van der Waals surface area contributed by atoms with Crippen LogP contribution in [0.5, 0.6) is 0 Å². The average Bonchev–Trinajstić information content (AvgIpc) is 3.22. The topological polar surface area (TPSA) is 107 Å². The molecular formula is C21H16N6OS. The van der Waals surface area contributed by atoms with E-state index in [9.17, 15) is 4.79 Å². The Bertz CT molecular complexity index is 1280. The van der Waals surface area contributed by atoms with Crippen molar-refractivity contribution in [2.75, 3.05) is 0 Å². The predicted octanol–water partition coefficient (Wildman–Crippen LogP) is 3.40. The van der Waals surface area contributed by atoms with E-state index in [4.69, 9.17) is 10.4 Å². The standard InChI is InChI=1S/C21H16N6OS/c22-17-12(11-2-1-3-15-14(11)9-24-27-15)8-13(21-23-6-7-29-21)18-16(17)20(28)26-19(25-18)10-4-5-10/h1-3,6-10,16,22H,4-5H2,(H,24,27)(H,25,26,28). The number of rotatable bonds is 3. The number of aromatic amines is 1. The van der Waals surface area contributed by atoms with Crippen LogP contribution >= 0.6 is 11.3 Å². The Labute approximate surface area is 169 Å². The van der Waals surface area contributed by atoms with Gasteiger partial charge in [-0.3, -0.25) is 9.89 Å². The summed E-state index contributed by atoms with van der Waals surface area (Å²) in [5, 5.41) is 22.6. The number of amidine groups is 1. The van der Waals surface area contributed by atoms with Gasteiger partial charge in [0.25, 0.3) is 0 Å². The molecule has 1 amide bonds. The monoisotopic (exact) mass is 400 g/mol. The minimum atomic E-state index is -0.737. The molecule has 2 aliphatic carbocycles. The Morgan fingerprint density at radius 1 is 1.24 bits per heavy atom. The van der Waals surface area contributed by atoms with Crippen molar-refractivity contribution in [3.8, 4) is 0 Å². The van der Waals surface area contributed by atoms with Crippen LogP contribution in [0.15, 0.2) is 52.7 Å². The Hall–Kier alpha value is -3.39. The molecule has 1 unspecified atom stereocenters. The normalized spacial score (nSPS) is 21.7. The smallest absolute Gasteiger partial charge is 0.240 e. The minimum absolute atomic E-state index is 0.180. The largest absolute Gasteiger partial charge is 0.313 e. The van der Waals surface area contributed by atoms with Crippen LogP contribution in [-0.4, -0.2) is 32.6 Å². The first-order valence-electron chi connectivity index (χ1n) is 9.47. The molecule has 0 bridgehead atoms. The molecule has 7 nitrogen and oxygen atoms in total. The molecule has 1 atom stereocenters. The van der Waals surface area contributed by atoms with E-state index in [2.05, 4.69) is 20.5 Å². The number of fused-ring (bicyclic) bond motifs is 2. The molecule has 1 aromatic carbocycles. The predicted molar refractivity (Wildman–Crippen MR) is 113 cm³/mol. The maximum absolute atomic E-state index is 13.1. The second-order valence-corrected chi connectivity index (χ2v) is 8.33. The maximum Gasteiger partial charge on any atom is 0.240 e. The highest BCUT2D eigenvalue weighted by atomic mass is 32.1. The number of benzene rings is 1. The van der Waals surface area contributed by atoms with E-state index < -0.39 is 5.92 Å². The van der Waals surface area contributed by atoms with Gasteiger partial charge in [-0.1, -0.05) is 12.1 Å². The van der Waals surface area contributed by atoms with E-state index >= 15 is 0 Å². The fourth-order valence-corrected chi connectivity index (χ4v) is 4.65. The van der Waals surface area contributed by atoms with E-state index in [0.717, 1.165) is 45.7 Å². The molecule has 3 aliphatic rings. The van der Waals surface area contributed by atoms with Crippen LogP contribution in [0.25, 0.3) is 22.0 Å². The zero-order valence-corrected chi connectivity index (χ0v) is 16.1. The number of aliphatic imine (C=N–C) groups is 1. The first kappa shape index (κ1) is 16.6. The van der Waals surface area contributed by atoms with Gasteiger partial charge in [-0.2, -0.15) is 5.10 Å². The Morgan fingerprint density at radius 2 is 2.14 bits per heavy atom. The van der Waals surface area contributed by atoms with Crippen LogP contribution in [-0.2, 0) is 4.79 Å². The van der Waals surface area contributed by atoms with Gasteiger partial charge >= 0.3 is 0 Å². The van der Waals surface area contributed by atoms with E-state index in [1.165, 1.54) is 11.3 Å². The van der Waals surface area contributed by atoms with Crippen molar-refractivity contribution >= 4 is 50.8 Å². The summed E-state index contributed by atoms with van der Waals surface area (Å²) in [6.07, 6.45) is 7.56. The first-order chi connectivity index (χ1) is 14.2.